The van der Waals surface area contributed by atoms with Gasteiger partial charge in [-0.25, -0.2) is 0 Å². The van der Waals surface area contributed by atoms with Gasteiger partial charge in [0.1, 0.15) is 17.2 Å². The first-order chi connectivity index (χ1) is 27.2. The molecule has 6 aromatic carbocycles. The maximum Gasteiger partial charge on any atom is 0.122 e. The monoisotopic (exact) mass is 745 g/mol. The molecule has 0 aromatic heterocycles. The Labute approximate surface area is 335 Å². The van der Waals surface area contributed by atoms with Crippen LogP contribution in [0.15, 0.2) is 121 Å². The van der Waals surface area contributed by atoms with Gasteiger partial charge in [-0.2, -0.15) is 0 Å². The number of benzene rings is 6. The Morgan fingerprint density at radius 2 is 0.804 bits per heavy atom. The molecule has 1 N–H and O–H groups in total. The van der Waals surface area contributed by atoms with E-state index in [0.717, 1.165) is 71.0 Å². The molecule has 0 saturated carbocycles. The van der Waals surface area contributed by atoms with Crippen LogP contribution in [0.25, 0.3) is 0 Å². The summed E-state index contributed by atoms with van der Waals surface area (Å²) in [5, 5.41) is 3.83. The molecule has 6 rings (SSSR count). The van der Waals surface area contributed by atoms with Gasteiger partial charge in [0.05, 0.1) is 21.3 Å². The van der Waals surface area contributed by atoms with Crippen LogP contribution in [0.5, 0.6) is 17.2 Å². The van der Waals surface area contributed by atoms with Crippen molar-refractivity contribution in [2.24, 2.45) is 0 Å². The summed E-state index contributed by atoms with van der Waals surface area (Å²) in [5.41, 5.74) is 16.0. The minimum atomic E-state index is 0.180. The van der Waals surface area contributed by atoms with E-state index in [1.165, 1.54) is 44.5 Å². The Morgan fingerprint density at radius 3 is 1.25 bits per heavy atom. The van der Waals surface area contributed by atoms with Gasteiger partial charge in [-0.05, 0) is 144 Å². The van der Waals surface area contributed by atoms with Crippen molar-refractivity contribution in [3.8, 4) is 17.2 Å². The maximum atomic E-state index is 5.78. The molecule has 0 fully saturated rings. The van der Waals surface area contributed by atoms with Crippen molar-refractivity contribution < 1.29 is 14.2 Å². The SMILES string of the molecule is CCC(c1ccc(Cc2ccc(Nc3ccc(C(CC)c4ccc(C)c(OC)c4)cc3C(CC)c3ccc(C)c(OC)c3)cc2)cc1)c1ccc(C)c(OC)c1. The lowest BCUT2D eigenvalue weighted by molar-refractivity contribution is 0.410. The lowest BCUT2D eigenvalue weighted by Crippen LogP contribution is -2.08. The highest BCUT2D eigenvalue weighted by Gasteiger charge is 2.22. The zero-order chi connectivity index (χ0) is 39.8. The summed E-state index contributed by atoms with van der Waals surface area (Å²) in [5.74, 6) is 3.57. The van der Waals surface area contributed by atoms with Gasteiger partial charge in [-0.1, -0.05) is 106 Å². The molecular weight excluding hydrogens is 687 g/mol. The maximum absolute atomic E-state index is 5.78. The molecule has 4 nitrogen and oxygen atoms in total. The molecule has 6 aromatic rings. The van der Waals surface area contributed by atoms with Crippen molar-refractivity contribution in [3.63, 3.8) is 0 Å². The topological polar surface area (TPSA) is 39.7 Å². The van der Waals surface area contributed by atoms with E-state index in [1.54, 1.807) is 21.3 Å². The number of nitrogens with one attached hydrogen (secondary N) is 1. The zero-order valence-corrected chi connectivity index (χ0v) is 34.8. The smallest absolute Gasteiger partial charge is 0.122 e. The van der Waals surface area contributed by atoms with Gasteiger partial charge in [0.25, 0.3) is 0 Å². The van der Waals surface area contributed by atoms with Gasteiger partial charge in [0.15, 0.2) is 0 Å². The molecule has 0 aliphatic rings. The van der Waals surface area contributed by atoms with Gasteiger partial charge in [0.2, 0.25) is 0 Å². The molecule has 0 amide bonds. The van der Waals surface area contributed by atoms with Crippen LogP contribution in [0.1, 0.15) is 119 Å². The largest absolute Gasteiger partial charge is 0.496 e. The molecule has 0 saturated heterocycles. The van der Waals surface area contributed by atoms with Crippen LogP contribution in [-0.2, 0) is 6.42 Å². The van der Waals surface area contributed by atoms with E-state index in [9.17, 15) is 0 Å². The number of rotatable bonds is 16. The Kier molecular flexibility index (Phi) is 13.2. The summed E-state index contributed by atoms with van der Waals surface area (Å²) >= 11 is 0. The van der Waals surface area contributed by atoms with E-state index in [-0.39, 0.29) is 11.8 Å². The molecule has 56 heavy (non-hydrogen) atoms. The Morgan fingerprint density at radius 1 is 0.429 bits per heavy atom. The summed E-state index contributed by atoms with van der Waals surface area (Å²) in [7, 11) is 5.26. The van der Waals surface area contributed by atoms with Gasteiger partial charge >= 0.3 is 0 Å². The van der Waals surface area contributed by atoms with Gasteiger partial charge < -0.3 is 19.5 Å². The fourth-order valence-corrected chi connectivity index (χ4v) is 8.29. The Hall–Kier alpha value is -5.48. The second kappa shape index (κ2) is 18.4. The molecule has 290 valence electrons. The van der Waals surface area contributed by atoms with Crippen molar-refractivity contribution in [1.29, 1.82) is 0 Å². The quantitative estimate of drug-likeness (QED) is 0.107. The molecular formula is C52H59NO3. The Balaban J connectivity index is 1.26. The molecule has 3 atom stereocenters. The van der Waals surface area contributed by atoms with E-state index in [4.69, 9.17) is 14.2 Å². The fraction of sp³-hybridized carbons (Fsp3) is 0.308. The molecule has 4 heteroatoms. The van der Waals surface area contributed by atoms with E-state index >= 15 is 0 Å². The summed E-state index contributed by atoms with van der Waals surface area (Å²) in [6, 6.07) is 44.9. The molecule has 0 radical (unpaired) electrons. The summed E-state index contributed by atoms with van der Waals surface area (Å²) in [4.78, 5) is 0. The van der Waals surface area contributed by atoms with Crippen LogP contribution in [0.3, 0.4) is 0 Å². The first-order valence-corrected chi connectivity index (χ1v) is 20.2. The highest BCUT2D eigenvalue weighted by Crippen LogP contribution is 2.40. The fourth-order valence-electron chi connectivity index (χ4n) is 8.29. The molecule has 0 aliphatic heterocycles. The average molecular weight is 746 g/mol. The highest BCUT2D eigenvalue weighted by molar-refractivity contribution is 5.67. The van der Waals surface area contributed by atoms with Crippen LogP contribution in [-0.4, -0.2) is 21.3 Å². The molecule has 0 spiro atoms. The first-order valence-electron chi connectivity index (χ1n) is 20.2. The van der Waals surface area contributed by atoms with Crippen LogP contribution in [0.2, 0.25) is 0 Å². The minimum absolute atomic E-state index is 0.180. The Bertz CT molecular complexity index is 2220. The first kappa shape index (κ1) is 40.2. The lowest BCUT2D eigenvalue weighted by atomic mass is 9.82. The van der Waals surface area contributed by atoms with Crippen LogP contribution >= 0.6 is 0 Å². The molecule has 0 heterocycles. The third kappa shape index (κ3) is 8.97. The second-order valence-corrected chi connectivity index (χ2v) is 15.2. The number of methoxy groups -OCH3 is 3. The standard InChI is InChI=1S/C52H59NO3/c1-10-45(41-20-13-34(4)50(31-41)54-7)39-23-16-37(17-24-39)29-38-18-26-44(27-19-38)53-49-28-25-40(46(11-2)42-21-14-35(5)51(32-42)55-8)30-48(49)47(12-3)43-22-15-36(6)52(33-43)56-9/h13-28,30-33,45-47,53H,10-12,29H2,1-9H3. The van der Waals surface area contributed by atoms with Crippen LogP contribution in [0.4, 0.5) is 11.4 Å². The van der Waals surface area contributed by atoms with Gasteiger partial charge in [-0.15, -0.1) is 0 Å². The highest BCUT2D eigenvalue weighted by atomic mass is 16.5. The van der Waals surface area contributed by atoms with Crippen molar-refractivity contribution in [3.05, 3.63) is 183 Å². The lowest BCUT2D eigenvalue weighted by Gasteiger charge is -2.25. The number of hydrogen-bond acceptors (Lipinski definition) is 4. The van der Waals surface area contributed by atoms with Crippen molar-refractivity contribution in [1.82, 2.24) is 0 Å². The summed E-state index contributed by atoms with van der Waals surface area (Å²) < 4.78 is 17.1. The van der Waals surface area contributed by atoms with Gasteiger partial charge in [-0.3, -0.25) is 0 Å². The van der Waals surface area contributed by atoms with Crippen molar-refractivity contribution >= 4 is 11.4 Å². The van der Waals surface area contributed by atoms with Gasteiger partial charge in [0, 0.05) is 29.1 Å². The molecule has 0 aliphatic carbocycles. The predicted octanol–water partition coefficient (Wildman–Crippen LogP) is 13.6. The number of anilines is 2. The van der Waals surface area contributed by atoms with Crippen LogP contribution < -0.4 is 19.5 Å². The van der Waals surface area contributed by atoms with Crippen LogP contribution in [0, 0.1) is 20.8 Å². The van der Waals surface area contributed by atoms with Crippen molar-refractivity contribution in [2.45, 2.75) is 85.0 Å². The minimum Gasteiger partial charge on any atom is -0.496 e. The third-order valence-electron chi connectivity index (χ3n) is 11.6. The second-order valence-electron chi connectivity index (χ2n) is 15.2. The summed E-state index contributed by atoms with van der Waals surface area (Å²) in [6.07, 6.45) is 3.85. The van der Waals surface area contributed by atoms with E-state index in [1.807, 2.05) is 0 Å². The molecule has 3 unspecified atom stereocenters. The number of aryl methyl sites for hydroxylation is 3. The number of hydrogen-bond donors (Lipinski definition) is 1. The van der Waals surface area contributed by atoms with Crippen molar-refractivity contribution in [2.75, 3.05) is 26.6 Å². The third-order valence-corrected chi connectivity index (χ3v) is 11.6. The zero-order valence-electron chi connectivity index (χ0n) is 34.8. The molecule has 0 bridgehead atoms. The van der Waals surface area contributed by atoms with E-state index in [0.29, 0.717) is 5.92 Å². The normalized spacial score (nSPS) is 12.8. The summed E-state index contributed by atoms with van der Waals surface area (Å²) in [6.45, 7) is 13.1. The van der Waals surface area contributed by atoms with E-state index < -0.39 is 0 Å². The number of ether oxygens (including phenoxy) is 3. The average Bonchev–Trinajstić information content (AvgIpc) is 3.22. The van der Waals surface area contributed by atoms with E-state index in [2.05, 4.69) is 168 Å². The predicted molar refractivity (Wildman–Crippen MR) is 235 cm³/mol.